The van der Waals surface area contributed by atoms with Crippen LogP contribution in [0.2, 0.25) is 0 Å². The van der Waals surface area contributed by atoms with E-state index < -0.39 is 21.3 Å². The van der Waals surface area contributed by atoms with Crippen LogP contribution in [0.1, 0.15) is 53.0 Å². The molecule has 25 heavy (non-hydrogen) atoms. The molecule has 0 fully saturated rings. The van der Waals surface area contributed by atoms with E-state index in [1.807, 2.05) is 25.1 Å². The van der Waals surface area contributed by atoms with Gasteiger partial charge >= 0.3 is 0 Å². The predicted octanol–water partition coefficient (Wildman–Crippen LogP) is 4.30. The first-order valence-electron chi connectivity index (χ1n) is 8.82. The van der Waals surface area contributed by atoms with E-state index >= 15 is 0 Å². The molecule has 0 radical (unpaired) electrons. The molecule has 1 unspecified atom stereocenters. The summed E-state index contributed by atoms with van der Waals surface area (Å²) in [5.41, 5.74) is 0.338. The molecular weight excluding hydrogens is 336 g/mol. The molecule has 136 valence electrons. The van der Waals surface area contributed by atoms with Crippen molar-refractivity contribution in [1.82, 2.24) is 0 Å². The van der Waals surface area contributed by atoms with Gasteiger partial charge < -0.3 is 14.2 Å². The molecule has 3 heterocycles. The highest BCUT2D eigenvalue weighted by atomic mass is 32.2. The van der Waals surface area contributed by atoms with E-state index in [4.69, 9.17) is 14.2 Å². The highest BCUT2D eigenvalue weighted by Crippen LogP contribution is 2.58. The van der Waals surface area contributed by atoms with Crippen LogP contribution in [0.25, 0.3) is 0 Å². The average Bonchev–Trinajstić information content (AvgIpc) is 2.77. The van der Waals surface area contributed by atoms with Gasteiger partial charge in [-0.2, -0.15) is 0 Å². The van der Waals surface area contributed by atoms with Crippen molar-refractivity contribution in [1.29, 1.82) is 0 Å². The van der Waals surface area contributed by atoms with E-state index in [0.29, 0.717) is 12.6 Å². The van der Waals surface area contributed by atoms with E-state index in [0.717, 1.165) is 16.2 Å². The molecule has 4 nitrogen and oxygen atoms in total. The number of hydrogen-bond acceptors (Lipinski definition) is 4. The number of benzene rings is 1. The average molecular weight is 362 g/mol. The number of ether oxygens (including phenoxy) is 3. The number of rotatable bonds is 0. The maximum Gasteiger partial charge on any atom is 0.294 e. The Balaban J connectivity index is 1.89. The zero-order chi connectivity index (χ0) is 18.2. The summed E-state index contributed by atoms with van der Waals surface area (Å²) in [5.74, 6) is 1.41. The Morgan fingerprint density at radius 3 is 2.48 bits per heavy atom. The molecule has 5 heteroatoms. The zero-order valence-electron chi connectivity index (χ0n) is 15.7. The lowest BCUT2D eigenvalue weighted by molar-refractivity contribution is -0.141. The van der Waals surface area contributed by atoms with E-state index in [-0.39, 0.29) is 17.3 Å². The third-order valence-corrected chi connectivity index (χ3v) is 8.23. The van der Waals surface area contributed by atoms with Crippen molar-refractivity contribution in [3.05, 3.63) is 40.7 Å². The zero-order valence-corrected chi connectivity index (χ0v) is 16.5. The number of fused-ring (bicyclic) bond motifs is 4. The normalized spacial score (nSPS) is 35.7. The van der Waals surface area contributed by atoms with E-state index in [9.17, 15) is 4.21 Å². The molecule has 3 aliphatic heterocycles. The van der Waals surface area contributed by atoms with Crippen LogP contribution in [0, 0.1) is 11.3 Å². The summed E-state index contributed by atoms with van der Waals surface area (Å²) in [7, 11) is -1.29. The van der Waals surface area contributed by atoms with Gasteiger partial charge in [0, 0.05) is 22.8 Å². The Kier molecular flexibility index (Phi) is 3.41. The summed E-state index contributed by atoms with van der Waals surface area (Å²) in [4.78, 5) is -0.0203. The van der Waals surface area contributed by atoms with Crippen molar-refractivity contribution >= 4 is 10.8 Å². The lowest BCUT2D eigenvalue weighted by Gasteiger charge is -2.45. The van der Waals surface area contributed by atoms with Gasteiger partial charge in [-0.25, -0.2) is 0 Å². The Morgan fingerprint density at radius 2 is 1.80 bits per heavy atom. The largest absolute Gasteiger partial charge is 0.493 e. The fraction of sp³-hybridized carbons (Fsp3) is 0.600. The molecule has 4 rings (SSSR count). The summed E-state index contributed by atoms with van der Waals surface area (Å²) >= 11 is 0. The van der Waals surface area contributed by atoms with Crippen molar-refractivity contribution in [2.75, 3.05) is 6.61 Å². The first kappa shape index (κ1) is 17.0. The standard InChI is InChI=1S/C20H26O4S/c1-18(2,3)20(6)24-17-16(25(20)21)15-12-9-7-8-10-14(12)22-11-13(15)19(4,5)23-17/h7-10,13,15H,11H2,1-6H3/t13-,15+,20-,25?/m0/s1. The molecule has 0 saturated carbocycles. The van der Waals surface area contributed by atoms with Crippen molar-refractivity contribution < 1.29 is 18.4 Å². The van der Waals surface area contributed by atoms with Crippen LogP contribution in [0.4, 0.5) is 0 Å². The lowest BCUT2D eigenvalue weighted by Crippen LogP contribution is -2.47. The third-order valence-electron chi connectivity index (χ3n) is 6.01. The maximum absolute atomic E-state index is 13.6. The molecule has 0 N–H and O–H groups in total. The molecule has 0 saturated heterocycles. The SMILES string of the molecule is CC1(C)OC2=C([C@@H]3c4ccccc4OC[C@@H]31)S(=O)[C@@](C)(C(C)(C)C)O2. The van der Waals surface area contributed by atoms with Gasteiger partial charge in [-0.3, -0.25) is 4.21 Å². The molecule has 3 aliphatic rings. The fourth-order valence-electron chi connectivity index (χ4n) is 3.90. The minimum Gasteiger partial charge on any atom is -0.493 e. The Labute approximate surface area is 152 Å². The van der Waals surface area contributed by atoms with Gasteiger partial charge in [-0.1, -0.05) is 39.0 Å². The molecule has 1 aromatic carbocycles. The van der Waals surface area contributed by atoms with E-state index in [1.165, 1.54) is 0 Å². The maximum atomic E-state index is 13.6. The first-order chi connectivity index (χ1) is 11.6. The Morgan fingerprint density at radius 1 is 1.12 bits per heavy atom. The van der Waals surface area contributed by atoms with Gasteiger partial charge in [0.1, 0.15) is 27.1 Å². The van der Waals surface area contributed by atoms with Crippen LogP contribution in [0.3, 0.4) is 0 Å². The van der Waals surface area contributed by atoms with Gasteiger partial charge in [0.05, 0.1) is 6.61 Å². The number of allylic oxidation sites excluding steroid dienone is 1. The van der Waals surface area contributed by atoms with E-state index in [2.05, 4.69) is 40.7 Å². The summed E-state index contributed by atoms with van der Waals surface area (Å²) < 4.78 is 32.1. The topological polar surface area (TPSA) is 44.8 Å². The predicted molar refractivity (Wildman–Crippen MR) is 97.4 cm³/mol. The second kappa shape index (κ2) is 5.03. The Bertz CT molecular complexity index is 789. The van der Waals surface area contributed by atoms with Crippen LogP contribution in [-0.2, 0) is 20.3 Å². The Hall–Kier alpha value is -1.49. The minimum atomic E-state index is -1.29. The number of hydrogen-bond donors (Lipinski definition) is 0. The van der Waals surface area contributed by atoms with Gasteiger partial charge in [0.15, 0.2) is 4.93 Å². The molecular formula is C20H26O4S. The van der Waals surface area contributed by atoms with E-state index in [1.54, 1.807) is 0 Å². The fourth-order valence-corrected chi connectivity index (χ4v) is 5.78. The molecule has 4 atom stereocenters. The monoisotopic (exact) mass is 362 g/mol. The smallest absolute Gasteiger partial charge is 0.294 e. The third kappa shape index (κ3) is 2.21. The quantitative estimate of drug-likeness (QED) is 0.690. The van der Waals surface area contributed by atoms with Crippen LogP contribution in [-0.4, -0.2) is 21.3 Å². The lowest BCUT2D eigenvalue weighted by atomic mass is 9.74. The molecule has 0 spiro atoms. The molecule has 0 amide bonds. The molecule has 1 aromatic rings. The summed E-state index contributed by atoms with van der Waals surface area (Å²) in [6.07, 6.45) is 0. The van der Waals surface area contributed by atoms with Crippen molar-refractivity contribution in [3.8, 4) is 5.75 Å². The second-order valence-electron chi connectivity index (χ2n) is 8.86. The molecule has 0 aliphatic carbocycles. The highest BCUT2D eigenvalue weighted by Gasteiger charge is 2.61. The van der Waals surface area contributed by atoms with Crippen LogP contribution in [0.15, 0.2) is 35.1 Å². The van der Waals surface area contributed by atoms with Crippen LogP contribution >= 0.6 is 0 Å². The van der Waals surface area contributed by atoms with Crippen molar-refractivity contribution in [2.45, 2.75) is 58.0 Å². The second-order valence-corrected chi connectivity index (χ2v) is 10.6. The van der Waals surface area contributed by atoms with Gasteiger partial charge in [0.25, 0.3) is 5.95 Å². The van der Waals surface area contributed by atoms with Gasteiger partial charge in [-0.15, -0.1) is 0 Å². The summed E-state index contributed by atoms with van der Waals surface area (Å²) in [5, 5.41) is 0. The van der Waals surface area contributed by atoms with Crippen LogP contribution in [0.5, 0.6) is 5.75 Å². The van der Waals surface area contributed by atoms with Gasteiger partial charge in [-0.05, 0) is 26.8 Å². The minimum absolute atomic E-state index is 0.00583. The molecule has 0 bridgehead atoms. The van der Waals surface area contributed by atoms with Crippen molar-refractivity contribution in [3.63, 3.8) is 0 Å². The van der Waals surface area contributed by atoms with Crippen molar-refractivity contribution in [2.24, 2.45) is 11.3 Å². The van der Waals surface area contributed by atoms with Gasteiger partial charge in [0.2, 0.25) is 0 Å². The summed E-state index contributed by atoms with van der Waals surface area (Å²) in [6, 6.07) is 8.04. The van der Waals surface area contributed by atoms with Crippen LogP contribution < -0.4 is 4.74 Å². The summed E-state index contributed by atoms with van der Waals surface area (Å²) in [6.45, 7) is 12.8. The number of para-hydroxylation sites is 1. The molecule has 0 aromatic heterocycles. The first-order valence-corrected chi connectivity index (χ1v) is 9.97. The highest BCUT2D eigenvalue weighted by molar-refractivity contribution is 7.90.